The highest BCUT2D eigenvalue weighted by molar-refractivity contribution is 7.99. The normalized spacial score (nSPS) is 18.3. The number of amides is 4. The Bertz CT molecular complexity index is 925. The van der Waals surface area contributed by atoms with Gasteiger partial charge in [-0.25, -0.2) is 0 Å². The lowest BCUT2D eigenvalue weighted by Crippen LogP contribution is -2.60. The second kappa shape index (κ2) is 13.6. The van der Waals surface area contributed by atoms with Gasteiger partial charge in [0.05, 0.1) is 12.9 Å². The van der Waals surface area contributed by atoms with Crippen LogP contribution in [0.5, 0.6) is 5.75 Å². The van der Waals surface area contributed by atoms with Gasteiger partial charge in [-0.05, 0) is 43.2 Å². The summed E-state index contributed by atoms with van der Waals surface area (Å²) in [4.78, 5) is 62.1. The molecule has 1 heterocycles. The van der Waals surface area contributed by atoms with E-state index in [1.165, 1.54) is 23.8 Å². The minimum absolute atomic E-state index is 0.122. The Morgan fingerprint density at radius 2 is 1.89 bits per heavy atom. The third-order valence-electron chi connectivity index (χ3n) is 5.67. The number of nitrogens with two attached hydrogens (primary N) is 1. The van der Waals surface area contributed by atoms with Gasteiger partial charge in [0.2, 0.25) is 23.6 Å². The average molecular weight is 508 g/mol. The molecule has 2 rings (SSSR count). The number of carboxylic acid groups (broad SMARTS) is 1. The molecule has 1 aromatic carbocycles. The zero-order chi connectivity index (χ0) is 26.0. The number of carboxylic acids is 1. The van der Waals surface area contributed by atoms with Crippen LogP contribution in [0.4, 0.5) is 0 Å². The maximum absolute atomic E-state index is 13.2. The van der Waals surface area contributed by atoms with Gasteiger partial charge in [0.1, 0.15) is 17.8 Å². The predicted molar refractivity (Wildman–Crippen MR) is 127 cm³/mol. The molecule has 1 aliphatic heterocycles. The van der Waals surface area contributed by atoms with Crippen molar-refractivity contribution in [3.63, 3.8) is 0 Å². The zero-order valence-electron chi connectivity index (χ0n) is 19.8. The standard InChI is InChI=1S/C23H32N4O7S/c1-34-16-5-3-14(4-6-16)11-17(22(24)32)26-23(33)18-12-15(25-19(28)13-35-2)9-10-27(18)20(29)7-8-21(30)31/h3-6,15,17-18H,7-13H2,1-2H3,(H2,24,32)(H,25,28)(H,26,33)(H,30,31)/p-1/t15-,17-,18-/m0/s1. The Balaban J connectivity index is 2.16. The van der Waals surface area contributed by atoms with Crippen molar-refractivity contribution in [1.82, 2.24) is 15.5 Å². The molecule has 1 aromatic rings. The van der Waals surface area contributed by atoms with Crippen LogP contribution in [0, 0.1) is 0 Å². The molecular formula is C23H31N4O7S-. The van der Waals surface area contributed by atoms with Crippen molar-refractivity contribution >= 4 is 41.4 Å². The maximum atomic E-state index is 13.2. The molecular weight excluding hydrogens is 476 g/mol. The van der Waals surface area contributed by atoms with E-state index in [2.05, 4.69) is 10.6 Å². The molecule has 3 atom stereocenters. The van der Waals surface area contributed by atoms with Gasteiger partial charge in [-0.2, -0.15) is 11.8 Å². The fourth-order valence-electron chi connectivity index (χ4n) is 3.88. The first kappa shape index (κ1) is 28.0. The van der Waals surface area contributed by atoms with Crippen molar-refractivity contribution in [2.24, 2.45) is 5.73 Å². The van der Waals surface area contributed by atoms with E-state index < -0.39 is 42.2 Å². The number of carbonyl (C=O) groups is 5. The van der Waals surface area contributed by atoms with Crippen LogP contribution in [0.25, 0.3) is 0 Å². The Morgan fingerprint density at radius 3 is 2.46 bits per heavy atom. The van der Waals surface area contributed by atoms with Crippen LogP contribution >= 0.6 is 11.8 Å². The van der Waals surface area contributed by atoms with Gasteiger partial charge >= 0.3 is 0 Å². The number of thioether (sulfide) groups is 1. The Hall–Kier alpha value is -3.28. The average Bonchev–Trinajstić information content (AvgIpc) is 2.82. The number of nitrogens with one attached hydrogen (secondary N) is 2. The third kappa shape index (κ3) is 8.78. The van der Waals surface area contributed by atoms with E-state index in [4.69, 9.17) is 10.5 Å². The van der Waals surface area contributed by atoms with Crippen LogP contribution in [-0.2, 0) is 30.4 Å². The number of nitrogens with zero attached hydrogens (tertiary/aromatic N) is 1. The molecule has 11 nitrogen and oxygen atoms in total. The molecule has 0 radical (unpaired) electrons. The van der Waals surface area contributed by atoms with Gasteiger partial charge in [0.25, 0.3) is 0 Å². The van der Waals surface area contributed by atoms with Crippen molar-refractivity contribution < 1.29 is 33.8 Å². The number of aliphatic carboxylic acids is 1. The minimum Gasteiger partial charge on any atom is -0.550 e. The Morgan fingerprint density at radius 1 is 1.20 bits per heavy atom. The number of piperidine rings is 1. The summed E-state index contributed by atoms with van der Waals surface area (Å²) in [5, 5.41) is 16.3. The Labute approximate surface area is 208 Å². The molecule has 192 valence electrons. The van der Waals surface area contributed by atoms with Crippen LogP contribution in [-0.4, -0.2) is 78.3 Å². The van der Waals surface area contributed by atoms with E-state index in [-0.39, 0.29) is 43.5 Å². The van der Waals surface area contributed by atoms with Crippen LogP contribution < -0.4 is 26.2 Å². The summed E-state index contributed by atoms with van der Waals surface area (Å²) >= 11 is 1.36. The number of benzene rings is 1. The second-order valence-electron chi connectivity index (χ2n) is 8.21. The summed E-state index contributed by atoms with van der Waals surface area (Å²) in [6.45, 7) is 0.147. The fourth-order valence-corrected chi connectivity index (χ4v) is 4.23. The summed E-state index contributed by atoms with van der Waals surface area (Å²) in [6, 6.07) is 4.52. The van der Waals surface area contributed by atoms with Gasteiger partial charge in [0, 0.05) is 31.4 Å². The summed E-state index contributed by atoms with van der Waals surface area (Å²) < 4.78 is 5.12. The topological polar surface area (TPSA) is 171 Å². The van der Waals surface area contributed by atoms with Crippen LogP contribution in [0.1, 0.15) is 31.2 Å². The summed E-state index contributed by atoms with van der Waals surface area (Å²) in [7, 11) is 1.53. The van der Waals surface area contributed by atoms with E-state index in [0.717, 1.165) is 5.56 Å². The highest BCUT2D eigenvalue weighted by Crippen LogP contribution is 2.21. The number of likely N-dealkylation sites (tertiary alicyclic amines) is 1. The molecule has 0 aromatic heterocycles. The molecule has 0 aliphatic carbocycles. The van der Waals surface area contributed by atoms with E-state index in [1.807, 2.05) is 0 Å². The number of primary amides is 1. The Kier molecular flexibility index (Phi) is 10.8. The summed E-state index contributed by atoms with van der Waals surface area (Å²) in [5.74, 6) is -2.53. The van der Waals surface area contributed by atoms with Crippen molar-refractivity contribution in [2.45, 2.75) is 50.2 Å². The molecule has 12 heteroatoms. The van der Waals surface area contributed by atoms with Crippen LogP contribution in [0.15, 0.2) is 24.3 Å². The van der Waals surface area contributed by atoms with E-state index >= 15 is 0 Å². The molecule has 0 bridgehead atoms. The number of rotatable bonds is 12. The maximum Gasteiger partial charge on any atom is 0.243 e. The zero-order valence-corrected chi connectivity index (χ0v) is 20.6. The molecule has 4 amide bonds. The van der Waals surface area contributed by atoms with Crippen LogP contribution in [0.2, 0.25) is 0 Å². The molecule has 35 heavy (non-hydrogen) atoms. The molecule has 0 saturated carbocycles. The summed E-state index contributed by atoms with van der Waals surface area (Å²) in [5.41, 5.74) is 6.27. The highest BCUT2D eigenvalue weighted by atomic mass is 32.2. The first-order valence-electron chi connectivity index (χ1n) is 11.1. The molecule has 1 fully saturated rings. The number of methoxy groups -OCH3 is 1. The minimum atomic E-state index is -1.37. The van der Waals surface area contributed by atoms with E-state index in [0.29, 0.717) is 12.2 Å². The summed E-state index contributed by atoms with van der Waals surface area (Å²) in [6.07, 6.45) is 1.66. The van der Waals surface area contributed by atoms with Crippen molar-refractivity contribution in [1.29, 1.82) is 0 Å². The van der Waals surface area contributed by atoms with Gasteiger partial charge < -0.3 is 35.9 Å². The smallest absolute Gasteiger partial charge is 0.243 e. The number of hydrogen-bond donors (Lipinski definition) is 3. The number of carbonyl (C=O) groups excluding carboxylic acids is 5. The number of hydrogen-bond acceptors (Lipinski definition) is 8. The van der Waals surface area contributed by atoms with Gasteiger partial charge in [-0.15, -0.1) is 0 Å². The highest BCUT2D eigenvalue weighted by Gasteiger charge is 2.37. The first-order valence-corrected chi connectivity index (χ1v) is 12.5. The molecule has 1 aliphatic rings. The van der Waals surface area contributed by atoms with Crippen LogP contribution in [0.3, 0.4) is 0 Å². The van der Waals surface area contributed by atoms with Gasteiger partial charge in [-0.1, -0.05) is 12.1 Å². The molecule has 0 spiro atoms. The fraction of sp³-hybridized carbons (Fsp3) is 0.522. The first-order chi connectivity index (χ1) is 16.6. The van der Waals surface area contributed by atoms with Crippen molar-refractivity contribution in [2.75, 3.05) is 25.7 Å². The van der Waals surface area contributed by atoms with Crippen molar-refractivity contribution in [3.05, 3.63) is 29.8 Å². The van der Waals surface area contributed by atoms with Gasteiger partial charge in [0.15, 0.2) is 0 Å². The lowest BCUT2D eigenvalue weighted by molar-refractivity contribution is -0.305. The molecule has 4 N–H and O–H groups in total. The van der Waals surface area contributed by atoms with E-state index in [1.54, 1.807) is 30.5 Å². The lowest BCUT2D eigenvalue weighted by atomic mass is 9.95. The van der Waals surface area contributed by atoms with E-state index in [9.17, 15) is 29.1 Å². The second-order valence-corrected chi connectivity index (χ2v) is 9.08. The SMILES string of the molecule is COc1ccc(C[C@H](NC(=O)[C@@H]2C[C@@H](NC(=O)CSC)CCN2C(=O)CCC(=O)[O-])C(N)=O)cc1. The molecule has 0 unspecified atom stereocenters. The predicted octanol–water partition coefficient (Wildman–Crippen LogP) is -1.42. The largest absolute Gasteiger partial charge is 0.550 e. The third-order valence-corrected chi connectivity index (χ3v) is 6.22. The lowest BCUT2D eigenvalue weighted by Gasteiger charge is -2.39. The van der Waals surface area contributed by atoms with Crippen molar-refractivity contribution in [3.8, 4) is 5.75 Å². The molecule has 1 saturated heterocycles. The number of ether oxygens (including phenoxy) is 1. The quantitative estimate of drug-likeness (QED) is 0.309. The van der Waals surface area contributed by atoms with Gasteiger partial charge in [-0.3, -0.25) is 19.2 Å². The monoisotopic (exact) mass is 507 g/mol.